The first-order chi connectivity index (χ1) is 4.81. The number of rotatable bonds is 6. The summed E-state index contributed by atoms with van der Waals surface area (Å²) in [7, 11) is -0.918. The van der Waals surface area contributed by atoms with Gasteiger partial charge in [-0.3, -0.25) is 0 Å². The van der Waals surface area contributed by atoms with E-state index in [1.807, 2.05) is 0 Å². The second kappa shape index (κ2) is 7.29. The van der Waals surface area contributed by atoms with Crippen LogP contribution in [0.2, 0.25) is 6.04 Å². The van der Waals surface area contributed by atoms with Crippen molar-refractivity contribution in [2.75, 3.05) is 0 Å². The summed E-state index contributed by atoms with van der Waals surface area (Å²) >= 11 is 0. The summed E-state index contributed by atoms with van der Waals surface area (Å²) in [6.07, 6.45) is 5.24. The molecule has 0 aliphatic carbocycles. The third kappa shape index (κ3) is 6.30. The fourth-order valence-electron chi connectivity index (χ4n) is 1.09. The van der Waals surface area contributed by atoms with Gasteiger partial charge in [-0.25, -0.2) is 0 Å². The number of unbranched alkanes of at least 4 members (excludes halogenated alkanes) is 2. The van der Waals surface area contributed by atoms with Crippen LogP contribution in [0.4, 0.5) is 0 Å². The Morgan fingerprint density at radius 3 is 2.60 bits per heavy atom. The van der Waals surface area contributed by atoms with E-state index in [1.54, 1.807) is 0 Å². The van der Waals surface area contributed by atoms with Crippen LogP contribution in [0.5, 0.6) is 0 Å². The van der Waals surface area contributed by atoms with Gasteiger partial charge in [0, 0.05) is 0 Å². The van der Waals surface area contributed by atoms with Crippen LogP contribution in [-0.4, -0.2) is 9.76 Å². The summed E-state index contributed by atoms with van der Waals surface area (Å²) in [4.78, 5) is 10.3. The molecule has 0 bridgehead atoms. The molecule has 10 heavy (non-hydrogen) atoms. The molecule has 0 heterocycles. The molecule has 0 spiro atoms. The lowest BCUT2D eigenvalue weighted by molar-refractivity contribution is 0.448. The fourth-order valence-corrected chi connectivity index (χ4v) is 1.78. The highest BCUT2D eigenvalue weighted by molar-refractivity contribution is 6.24. The molecule has 0 amide bonds. The Labute approximate surface area is 66.8 Å². The minimum atomic E-state index is -0.918. The van der Waals surface area contributed by atoms with Gasteiger partial charge in [0.15, 0.2) is 0 Å². The van der Waals surface area contributed by atoms with Crippen molar-refractivity contribution >= 4 is 9.76 Å². The second-order valence-electron chi connectivity index (χ2n) is 3.09. The second-order valence-corrected chi connectivity index (χ2v) is 4.08. The van der Waals surface area contributed by atoms with Gasteiger partial charge < -0.3 is 4.80 Å². The maximum absolute atomic E-state index is 10.3. The Bertz CT molecular complexity index is 66.3. The van der Waals surface area contributed by atoms with E-state index >= 15 is 0 Å². The van der Waals surface area contributed by atoms with E-state index in [9.17, 15) is 4.80 Å². The molecule has 2 heteroatoms. The Kier molecular flexibility index (Phi) is 7.41. The van der Waals surface area contributed by atoms with Gasteiger partial charge in [0.25, 0.3) is 0 Å². The summed E-state index contributed by atoms with van der Waals surface area (Å²) in [6.45, 7) is 4.42. The molecular formula is C8H19OSi. The minimum absolute atomic E-state index is 0.718. The van der Waals surface area contributed by atoms with Crippen LogP contribution in [0, 0.1) is 5.92 Å². The van der Waals surface area contributed by atoms with Gasteiger partial charge in [-0.2, -0.15) is 0 Å². The van der Waals surface area contributed by atoms with E-state index in [-0.39, 0.29) is 0 Å². The van der Waals surface area contributed by atoms with E-state index in [0.717, 1.165) is 12.0 Å². The van der Waals surface area contributed by atoms with Crippen molar-refractivity contribution < 1.29 is 4.80 Å². The monoisotopic (exact) mass is 159 g/mol. The molecule has 1 atom stereocenters. The van der Waals surface area contributed by atoms with E-state index in [4.69, 9.17) is 0 Å². The first-order valence-electron chi connectivity index (χ1n) is 4.39. The van der Waals surface area contributed by atoms with E-state index < -0.39 is 9.76 Å². The molecule has 0 saturated carbocycles. The maximum atomic E-state index is 10.3. The van der Waals surface area contributed by atoms with Crippen LogP contribution in [0.3, 0.4) is 0 Å². The van der Waals surface area contributed by atoms with Crippen LogP contribution in [0.25, 0.3) is 0 Å². The average molecular weight is 159 g/mol. The molecule has 0 aromatic rings. The van der Waals surface area contributed by atoms with Gasteiger partial charge in [0.1, 0.15) is 0 Å². The fraction of sp³-hybridized carbons (Fsp3) is 1.00. The topological polar surface area (TPSA) is 19.9 Å². The molecule has 1 nitrogen and oxygen atoms in total. The van der Waals surface area contributed by atoms with Crippen molar-refractivity contribution in [2.45, 2.75) is 45.6 Å². The van der Waals surface area contributed by atoms with Crippen molar-refractivity contribution in [1.29, 1.82) is 0 Å². The lowest BCUT2D eigenvalue weighted by Gasteiger charge is -2.06. The molecule has 0 N–H and O–H groups in total. The standard InChI is InChI=1S/C8H19OSi/c1-3-4-5-6-8(2)7-10-9/h8H,3-7,10H2,1-2H3. The summed E-state index contributed by atoms with van der Waals surface area (Å²) in [6, 6.07) is 1.00. The molecule has 0 aliphatic heterocycles. The van der Waals surface area contributed by atoms with Crippen LogP contribution in [-0.2, 0) is 4.80 Å². The lowest BCUT2D eigenvalue weighted by Crippen LogP contribution is -1.97. The van der Waals surface area contributed by atoms with E-state index in [0.29, 0.717) is 0 Å². The molecule has 0 fully saturated rings. The molecule has 1 unspecified atom stereocenters. The maximum Gasteiger partial charge on any atom is 0.207 e. The SMILES string of the molecule is CCCCCC(C)C[SiH2][O]. The highest BCUT2D eigenvalue weighted by Gasteiger charge is 2.00. The summed E-state index contributed by atoms with van der Waals surface area (Å²) in [5, 5.41) is 0. The summed E-state index contributed by atoms with van der Waals surface area (Å²) in [5.41, 5.74) is 0. The van der Waals surface area contributed by atoms with E-state index in [1.165, 1.54) is 25.7 Å². The normalized spacial score (nSPS) is 14.7. The van der Waals surface area contributed by atoms with Crippen LogP contribution in [0.15, 0.2) is 0 Å². The minimum Gasteiger partial charge on any atom is -0.306 e. The molecule has 0 aromatic heterocycles. The quantitative estimate of drug-likeness (QED) is 0.418. The largest absolute Gasteiger partial charge is 0.306 e. The molecular weight excluding hydrogens is 140 g/mol. The molecule has 0 aromatic carbocycles. The van der Waals surface area contributed by atoms with Gasteiger partial charge in [-0.1, -0.05) is 39.5 Å². The van der Waals surface area contributed by atoms with E-state index in [2.05, 4.69) is 13.8 Å². The van der Waals surface area contributed by atoms with Crippen molar-refractivity contribution in [3.05, 3.63) is 0 Å². The van der Waals surface area contributed by atoms with Gasteiger partial charge in [-0.15, -0.1) is 0 Å². The molecule has 0 aliphatic rings. The lowest BCUT2D eigenvalue weighted by atomic mass is 10.1. The summed E-state index contributed by atoms with van der Waals surface area (Å²) in [5.74, 6) is 0.718. The van der Waals surface area contributed by atoms with Crippen molar-refractivity contribution in [1.82, 2.24) is 0 Å². The Morgan fingerprint density at radius 1 is 1.40 bits per heavy atom. The van der Waals surface area contributed by atoms with Crippen molar-refractivity contribution in [3.8, 4) is 0 Å². The average Bonchev–Trinajstić information content (AvgIpc) is 1.89. The molecule has 0 rings (SSSR count). The number of hydrogen-bond donors (Lipinski definition) is 0. The third-order valence-electron chi connectivity index (χ3n) is 1.91. The van der Waals surface area contributed by atoms with Crippen LogP contribution >= 0.6 is 0 Å². The first kappa shape index (κ1) is 10.2. The highest BCUT2D eigenvalue weighted by Crippen LogP contribution is 2.12. The van der Waals surface area contributed by atoms with Crippen molar-refractivity contribution in [2.24, 2.45) is 5.92 Å². The highest BCUT2D eigenvalue weighted by atomic mass is 28.2. The van der Waals surface area contributed by atoms with Gasteiger partial charge >= 0.3 is 0 Å². The molecule has 0 saturated heterocycles. The van der Waals surface area contributed by atoms with Gasteiger partial charge in [0.05, 0.1) is 0 Å². The zero-order chi connectivity index (χ0) is 7.82. The van der Waals surface area contributed by atoms with Crippen molar-refractivity contribution in [3.63, 3.8) is 0 Å². The summed E-state index contributed by atoms with van der Waals surface area (Å²) < 4.78 is 0. The van der Waals surface area contributed by atoms with Crippen LogP contribution < -0.4 is 0 Å². The predicted molar refractivity (Wildman–Crippen MR) is 47.3 cm³/mol. The van der Waals surface area contributed by atoms with Gasteiger partial charge in [0.2, 0.25) is 9.76 Å². The smallest absolute Gasteiger partial charge is 0.207 e. The number of hydrogen-bond acceptors (Lipinski definition) is 0. The molecule has 61 valence electrons. The Hall–Kier alpha value is 0.177. The zero-order valence-electron chi connectivity index (χ0n) is 7.23. The predicted octanol–water partition coefficient (Wildman–Crippen LogP) is 2.14. The van der Waals surface area contributed by atoms with Crippen LogP contribution in [0.1, 0.15) is 39.5 Å². The zero-order valence-corrected chi connectivity index (χ0v) is 8.64. The Morgan fingerprint density at radius 2 is 2.10 bits per heavy atom. The third-order valence-corrected chi connectivity index (χ3v) is 3.13. The Balaban J connectivity index is 2.97. The molecule has 1 radical (unpaired) electrons. The van der Waals surface area contributed by atoms with Gasteiger partial charge in [-0.05, 0) is 12.0 Å². The first-order valence-corrected chi connectivity index (χ1v) is 5.97.